The van der Waals surface area contributed by atoms with Crippen LogP contribution in [0.5, 0.6) is 0 Å². The van der Waals surface area contributed by atoms with Crippen LogP contribution in [0.4, 0.5) is 15.8 Å². The summed E-state index contributed by atoms with van der Waals surface area (Å²) in [4.78, 5) is 13.1. The predicted octanol–water partition coefficient (Wildman–Crippen LogP) is 4.18. The highest BCUT2D eigenvalue weighted by Crippen LogP contribution is 2.34. The monoisotopic (exact) mass is 335 g/mol. The van der Waals surface area contributed by atoms with Gasteiger partial charge in [-0.3, -0.25) is 0 Å². The molecule has 0 atom stereocenters. The highest BCUT2D eigenvalue weighted by Gasteiger charge is 2.17. The Bertz CT molecular complexity index is 1060. The van der Waals surface area contributed by atoms with E-state index in [0.717, 1.165) is 22.5 Å². The molecule has 0 aliphatic carbocycles. The zero-order valence-electron chi connectivity index (χ0n) is 13.6. The van der Waals surface area contributed by atoms with Gasteiger partial charge in [0.1, 0.15) is 5.82 Å². The Morgan fingerprint density at radius 2 is 1.80 bits per heavy atom. The molecule has 3 heterocycles. The molecule has 1 aromatic carbocycles. The molecule has 124 valence electrons. The number of pyridine rings is 2. The van der Waals surface area contributed by atoms with Gasteiger partial charge in [-0.05, 0) is 50.2 Å². The average molecular weight is 335 g/mol. The van der Waals surface area contributed by atoms with Crippen molar-refractivity contribution < 1.29 is 8.91 Å². The number of benzene rings is 1. The number of rotatable bonds is 3. The molecule has 0 radical (unpaired) electrons. The first-order valence-electron chi connectivity index (χ1n) is 7.70. The Morgan fingerprint density at radius 3 is 2.52 bits per heavy atom. The summed E-state index contributed by atoms with van der Waals surface area (Å²) in [5, 5.41) is 7.94. The van der Waals surface area contributed by atoms with Crippen molar-refractivity contribution >= 4 is 22.4 Å². The first-order valence-corrected chi connectivity index (χ1v) is 7.70. The largest absolute Gasteiger partial charge is 0.354 e. The van der Waals surface area contributed by atoms with Crippen molar-refractivity contribution in [2.45, 2.75) is 13.8 Å². The van der Waals surface area contributed by atoms with E-state index in [1.807, 2.05) is 19.1 Å². The lowest BCUT2D eigenvalue weighted by Crippen LogP contribution is -1.98. The third-order valence-electron chi connectivity index (χ3n) is 3.74. The van der Waals surface area contributed by atoms with Crippen molar-refractivity contribution in [3.05, 3.63) is 59.9 Å². The Balaban J connectivity index is 1.91. The summed E-state index contributed by atoms with van der Waals surface area (Å²) >= 11 is 0. The first-order chi connectivity index (χ1) is 12.1. The van der Waals surface area contributed by atoms with E-state index in [4.69, 9.17) is 4.52 Å². The predicted molar refractivity (Wildman–Crippen MR) is 92.0 cm³/mol. The Hall–Kier alpha value is -3.35. The molecule has 0 amide bonds. The van der Waals surface area contributed by atoms with Crippen molar-refractivity contribution in [1.82, 2.24) is 20.1 Å². The second-order valence-electron chi connectivity index (χ2n) is 5.65. The lowest BCUT2D eigenvalue weighted by Gasteiger charge is -2.13. The Labute approximate surface area is 142 Å². The lowest BCUT2D eigenvalue weighted by molar-refractivity contribution is 0.425. The number of fused-ring (bicyclic) bond motifs is 1. The van der Waals surface area contributed by atoms with Gasteiger partial charge in [-0.2, -0.15) is 4.98 Å². The summed E-state index contributed by atoms with van der Waals surface area (Å²) in [6.45, 7) is 3.66. The van der Waals surface area contributed by atoms with E-state index in [-0.39, 0.29) is 5.82 Å². The fraction of sp³-hybridized carbons (Fsp3) is 0.111. The fourth-order valence-corrected chi connectivity index (χ4v) is 2.55. The van der Waals surface area contributed by atoms with Gasteiger partial charge in [0.05, 0.1) is 11.3 Å². The second-order valence-corrected chi connectivity index (χ2v) is 5.65. The standard InChI is InChI=1S/C18H14FN5O/c1-10-3-8-14-16(23-13-6-4-12(19)5-7-13)15(9-20-17(14)21-10)18-22-11(2)24-25-18/h3-9H,1-2H3,(H,20,21,23). The molecule has 0 aliphatic rings. The highest BCUT2D eigenvalue weighted by molar-refractivity contribution is 5.98. The van der Waals surface area contributed by atoms with Crippen LogP contribution in [-0.2, 0) is 0 Å². The van der Waals surface area contributed by atoms with E-state index in [1.165, 1.54) is 12.1 Å². The van der Waals surface area contributed by atoms with Gasteiger partial charge in [-0.1, -0.05) is 5.16 Å². The normalized spacial score (nSPS) is 11.0. The number of nitrogens with zero attached hydrogens (tertiary/aromatic N) is 4. The molecule has 0 unspecified atom stereocenters. The quantitative estimate of drug-likeness (QED) is 0.605. The number of hydrogen-bond donors (Lipinski definition) is 1. The van der Waals surface area contributed by atoms with Gasteiger partial charge in [-0.15, -0.1) is 0 Å². The van der Waals surface area contributed by atoms with Gasteiger partial charge in [0.15, 0.2) is 11.5 Å². The maximum absolute atomic E-state index is 13.2. The van der Waals surface area contributed by atoms with Gasteiger partial charge >= 0.3 is 0 Å². The van der Waals surface area contributed by atoms with Crippen LogP contribution in [0.2, 0.25) is 0 Å². The van der Waals surface area contributed by atoms with E-state index in [1.54, 1.807) is 25.3 Å². The molecule has 4 rings (SSSR count). The molecule has 25 heavy (non-hydrogen) atoms. The third-order valence-corrected chi connectivity index (χ3v) is 3.74. The number of halogens is 1. The summed E-state index contributed by atoms with van der Waals surface area (Å²) in [6.07, 6.45) is 1.65. The number of anilines is 2. The summed E-state index contributed by atoms with van der Waals surface area (Å²) in [6, 6.07) is 9.94. The van der Waals surface area contributed by atoms with Gasteiger partial charge in [0.2, 0.25) is 0 Å². The molecule has 7 heteroatoms. The van der Waals surface area contributed by atoms with Crippen LogP contribution in [0.1, 0.15) is 11.5 Å². The zero-order chi connectivity index (χ0) is 17.4. The second kappa shape index (κ2) is 5.94. The third kappa shape index (κ3) is 2.91. The molecule has 4 aromatic rings. The van der Waals surface area contributed by atoms with Gasteiger partial charge in [0, 0.05) is 23.0 Å². The van der Waals surface area contributed by atoms with E-state index in [2.05, 4.69) is 25.4 Å². The van der Waals surface area contributed by atoms with Crippen molar-refractivity contribution in [3.8, 4) is 11.5 Å². The number of nitrogens with one attached hydrogen (secondary N) is 1. The van der Waals surface area contributed by atoms with Gasteiger partial charge in [-0.25, -0.2) is 14.4 Å². The molecule has 0 aliphatic heterocycles. The SMILES string of the molecule is Cc1ccc2c(Nc3ccc(F)cc3)c(-c3nc(C)no3)cnc2n1. The maximum Gasteiger partial charge on any atom is 0.261 e. The Kier molecular flexibility index (Phi) is 3.61. The average Bonchev–Trinajstić information content (AvgIpc) is 3.03. The molecule has 1 N–H and O–H groups in total. The zero-order valence-corrected chi connectivity index (χ0v) is 13.6. The van der Waals surface area contributed by atoms with E-state index >= 15 is 0 Å². The van der Waals surface area contributed by atoms with Crippen LogP contribution in [0, 0.1) is 19.7 Å². The van der Waals surface area contributed by atoms with Crippen LogP contribution in [0.3, 0.4) is 0 Å². The molecule has 0 spiro atoms. The molecule has 0 saturated heterocycles. The van der Waals surface area contributed by atoms with Crippen LogP contribution >= 0.6 is 0 Å². The van der Waals surface area contributed by atoms with Gasteiger partial charge < -0.3 is 9.84 Å². The van der Waals surface area contributed by atoms with Crippen LogP contribution < -0.4 is 5.32 Å². The fourth-order valence-electron chi connectivity index (χ4n) is 2.55. The van der Waals surface area contributed by atoms with Crippen molar-refractivity contribution in [3.63, 3.8) is 0 Å². The van der Waals surface area contributed by atoms with E-state index < -0.39 is 0 Å². The van der Waals surface area contributed by atoms with E-state index in [0.29, 0.717) is 22.9 Å². The highest BCUT2D eigenvalue weighted by atomic mass is 19.1. The van der Waals surface area contributed by atoms with Crippen molar-refractivity contribution in [2.75, 3.05) is 5.32 Å². The number of aryl methyl sites for hydroxylation is 2. The lowest BCUT2D eigenvalue weighted by atomic mass is 10.1. The first kappa shape index (κ1) is 15.2. The molecular weight excluding hydrogens is 321 g/mol. The topological polar surface area (TPSA) is 76.7 Å². The van der Waals surface area contributed by atoms with E-state index in [9.17, 15) is 4.39 Å². The summed E-state index contributed by atoms with van der Waals surface area (Å²) < 4.78 is 18.5. The number of hydrogen-bond acceptors (Lipinski definition) is 6. The minimum Gasteiger partial charge on any atom is -0.354 e. The van der Waals surface area contributed by atoms with Crippen LogP contribution in [0.25, 0.3) is 22.5 Å². The molecule has 3 aromatic heterocycles. The minimum absolute atomic E-state index is 0.296. The molecule has 6 nitrogen and oxygen atoms in total. The summed E-state index contributed by atoms with van der Waals surface area (Å²) in [7, 11) is 0. The Morgan fingerprint density at radius 1 is 1.00 bits per heavy atom. The van der Waals surface area contributed by atoms with Crippen LogP contribution in [0.15, 0.2) is 47.1 Å². The summed E-state index contributed by atoms with van der Waals surface area (Å²) in [5.74, 6) is 0.595. The van der Waals surface area contributed by atoms with Crippen molar-refractivity contribution in [1.29, 1.82) is 0 Å². The minimum atomic E-state index is -0.296. The maximum atomic E-state index is 13.2. The number of aromatic nitrogens is 4. The van der Waals surface area contributed by atoms with Crippen LogP contribution in [-0.4, -0.2) is 20.1 Å². The van der Waals surface area contributed by atoms with Gasteiger partial charge in [0.25, 0.3) is 5.89 Å². The molecule has 0 bridgehead atoms. The summed E-state index contributed by atoms with van der Waals surface area (Å²) in [5.41, 5.74) is 3.58. The van der Waals surface area contributed by atoms with Crippen molar-refractivity contribution in [2.24, 2.45) is 0 Å². The molecular formula is C18H14FN5O. The molecule has 0 fully saturated rings. The molecule has 0 saturated carbocycles. The smallest absolute Gasteiger partial charge is 0.261 e.